The largest absolute Gasteiger partial charge is 0.0966 e. The number of hydrogen-bond acceptors (Lipinski definition) is 1. The quantitative estimate of drug-likeness (QED) is 0.446. The van der Waals surface area contributed by atoms with E-state index in [9.17, 15) is 0 Å². The first-order valence-corrected chi connectivity index (χ1v) is 11.5. The van der Waals surface area contributed by atoms with Crippen LogP contribution >= 0.6 is 6.04 Å². The van der Waals surface area contributed by atoms with Crippen LogP contribution in [0.15, 0.2) is 11.6 Å². The Morgan fingerprint density at radius 3 is 1.68 bits per heavy atom. The molecule has 2 aliphatic carbocycles. The molecule has 0 aromatic rings. The van der Waals surface area contributed by atoms with Crippen molar-refractivity contribution in [3.05, 3.63) is 11.6 Å². The highest BCUT2D eigenvalue weighted by molar-refractivity contribution is 8.15. The van der Waals surface area contributed by atoms with Crippen molar-refractivity contribution in [1.29, 1.82) is 0 Å². The van der Waals surface area contributed by atoms with Crippen LogP contribution in [0.2, 0.25) is 0 Å². The van der Waals surface area contributed by atoms with E-state index in [0.29, 0.717) is 0 Å². The maximum atomic E-state index is 6.43. The van der Waals surface area contributed by atoms with Gasteiger partial charge in [0.15, 0.2) is 0 Å². The first-order valence-electron chi connectivity index (χ1n) is 8.35. The Labute approximate surface area is 125 Å². The van der Waals surface area contributed by atoms with Crippen molar-refractivity contribution in [2.45, 2.75) is 89.4 Å². The topological polar surface area (TPSA) is 0 Å². The molecule has 0 N–H and O–H groups in total. The van der Waals surface area contributed by atoms with Crippen LogP contribution in [0.5, 0.6) is 0 Å². The molecule has 0 aromatic heterocycles. The van der Waals surface area contributed by atoms with Gasteiger partial charge < -0.3 is 0 Å². The van der Waals surface area contributed by atoms with E-state index >= 15 is 0 Å². The number of hydrogen-bond donors (Lipinski definition) is 0. The Morgan fingerprint density at radius 2 is 1.32 bits per heavy atom. The Bertz CT molecular complexity index is 320. The highest BCUT2D eigenvalue weighted by Gasteiger charge is 2.36. The molecule has 0 radical (unpaired) electrons. The molecule has 0 aliphatic heterocycles. The monoisotopic (exact) mass is 298 g/mol. The first-order chi connectivity index (χ1) is 9.13. The summed E-state index contributed by atoms with van der Waals surface area (Å²) in [5.74, 6) is 0. The normalized spacial score (nSPS) is 23.3. The van der Waals surface area contributed by atoms with Gasteiger partial charge in [-0.05, 0) is 63.0 Å². The molecule has 0 unspecified atom stereocenters. The third kappa shape index (κ3) is 4.18. The molecule has 0 heterocycles. The zero-order valence-electron chi connectivity index (χ0n) is 12.9. The minimum atomic E-state index is -1.17. The Kier molecular flexibility index (Phi) is 6.15. The molecule has 2 aliphatic rings. The highest BCUT2D eigenvalue weighted by atomic mass is 32.4. The molecule has 2 fully saturated rings. The van der Waals surface area contributed by atoms with Gasteiger partial charge in [0, 0.05) is 0 Å². The molecular weight excluding hydrogens is 267 g/mol. The zero-order valence-corrected chi connectivity index (χ0v) is 14.6. The minimum absolute atomic E-state index is 0.926. The third-order valence-corrected chi connectivity index (χ3v) is 11.7. The van der Waals surface area contributed by atoms with Crippen molar-refractivity contribution in [1.82, 2.24) is 0 Å². The molecule has 0 bridgehead atoms. The molecule has 19 heavy (non-hydrogen) atoms. The van der Waals surface area contributed by atoms with Gasteiger partial charge in [-0.1, -0.05) is 62.0 Å². The molecule has 0 amide bonds. The highest BCUT2D eigenvalue weighted by Crippen LogP contribution is 2.63. The lowest BCUT2D eigenvalue weighted by Gasteiger charge is -2.41. The van der Waals surface area contributed by atoms with Crippen LogP contribution in [0.4, 0.5) is 0 Å². The van der Waals surface area contributed by atoms with Gasteiger partial charge in [-0.3, -0.25) is 0 Å². The average Bonchev–Trinajstić information content (AvgIpc) is 2.46. The molecule has 2 heteroatoms. The van der Waals surface area contributed by atoms with Gasteiger partial charge in [-0.25, -0.2) is 0 Å². The maximum Gasteiger partial charge on any atom is -0.00465 e. The van der Waals surface area contributed by atoms with Crippen LogP contribution in [0.3, 0.4) is 0 Å². The van der Waals surface area contributed by atoms with Crippen molar-refractivity contribution >= 4 is 17.8 Å². The van der Waals surface area contributed by atoms with Crippen molar-refractivity contribution in [2.24, 2.45) is 0 Å². The molecule has 0 aromatic carbocycles. The van der Waals surface area contributed by atoms with E-state index in [2.05, 4.69) is 19.9 Å². The Morgan fingerprint density at radius 1 is 0.895 bits per heavy atom. The molecule has 0 atom stereocenters. The summed E-state index contributed by atoms with van der Waals surface area (Å²) in [6.45, 7) is 4.48. The van der Waals surface area contributed by atoms with Crippen molar-refractivity contribution in [3.8, 4) is 0 Å². The van der Waals surface area contributed by atoms with E-state index in [1.165, 1.54) is 75.9 Å². The fourth-order valence-corrected chi connectivity index (χ4v) is 9.77. The second-order valence-corrected chi connectivity index (χ2v) is 12.5. The van der Waals surface area contributed by atoms with Crippen LogP contribution in [0, 0.1) is 0 Å². The molecule has 2 saturated carbocycles. The van der Waals surface area contributed by atoms with Crippen LogP contribution in [-0.4, -0.2) is 17.5 Å². The van der Waals surface area contributed by atoms with E-state index in [0.717, 1.165) is 11.3 Å². The maximum absolute atomic E-state index is 6.43. The summed E-state index contributed by atoms with van der Waals surface area (Å²) in [5, 5.41) is 0. The van der Waals surface area contributed by atoms with Crippen molar-refractivity contribution < 1.29 is 0 Å². The summed E-state index contributed by atoms with van der Waals surface area (Å²) in [5.41, 5.74) is 3.32. The van der Waals surface area contributed by atoms with Crippen molar-refractivity contribution in [3.63, 3.8) is 0 Å². The van der Waals surface area contributed by atoms with Crippen LogP contribution in [-0.2, 0) is 11.8 Å². The zero-order chi connectivity index (χ0) is 13.7. The molecule has 110 valence electrons. The van der Waals surface area contributed by atoms with Crippen LogP contribution in [0.1, 0.15) is 78.1 Å². The van der Waals surface area contributed by atoms with Gasteiger partial charge in [0.2, 0.25) is 0 Å². The summed E-state index contributed by atoms with van der Waals surface area (Å²) < 4.78 is 0. The first kappa shape index (κ1) is 15.8. The smallest absolute Gasteiger partial charge is 0.00465 e. The fraction of sp³-hybridized carbons (Fsp3) is 0.882. The predicted molar refractivity (Wildman–Crippen MR) is 92.3 cm³/mol. The van der Waals surface area contributed by atoms with E-state index in [-0.39, 0.29) is 0 Å². The van der Waals surface area contributed by atoms with E-state index < -0.39 is 6.04 Å². The lowest BCUT2D eigenvalue weighted by atomic mass is 9.99. The van der Waals surface area contributed by atoms with Crippen molar-refractivity contribution in [2.75, 3.05) is 6.16 Å². The summed E-state index contributed by atoms with van der Waals surface area (Å²) in [4.78, 5) is 0. The standard InChI is InChI=1S/C17H31PS/c1-15(2)13-14-18(19,16-9-5-3-6-10-16)17-11-7-4-8-12-17/h13,16-17H,3-12,14H2,1-2H3. The average molecular weight is 298 g/mol. The number of allylic oxidation sites excluding steroid dienone is 2. The summed E-state index contributed by atoms with van der Waals surface area (Å²) >= 11 is 6.43. The predicted octanol–water partition coefficient (Wildman–Crippen LogP) is 6.10. The van der Waals surface area contributed by atoms with Gasteiger partial charge in [0.25, 0.3) is 0 Å². The van der Waals surface area contributed by atoms with Gasteiger partial charge in [-0.2, -0.15) is 0 Å². The molecular formula is C17H31PS. The van der Waals surface area contributed by atoms with Crippen LogP contribution in [0.25, 0.3) is 0 Å². The van der Waals surface area contributed by atoms with E-state index in [1.54, 1.807) is 0 Å². The van der Waals surface area contributed by atoms with Gasteiger partial charge >= 0.3 is 0 Å². The number of rotatable bonds is 4. The van der Waals surface area contributed by atoms with E-state index in [1.807, 2.05) is 0 Å². The summed E-state index contributed by atoms with van der Waals surface area (Å²) in [6, 6.07) is -1.17. The van der Waals surface area contributed by atoms with Crippen LogP contribution < -0.4 is 0 Å². The van der Waals surface area contributed by atoms with E-state index in [4.69, 9.17) is 11.8 Å². The fourth-order valence-electron chi connectivity index (χ4n) is 3.96. The minimum Gasteiger partial charge on any atom is -0.0966 e. The van der Waals surface area contributed by atoms with Gasteiger partial charge in [-0.15, -0.1) is 0 Å². The molecule has 2 rings (SSSR count). The van der Waals surface area contributed by atoms with Gasteiger partial charge in [0.1, 0.15) is 0 Å². The van der Waals surface area contributed by atoms with Gasteiger partial charge in [0.05, 0.1) is 0 Å². The lowest BCUT2D eigenvalue weighted by molar-refractivity contribution is 0.484. The Hall–Kier alpha value is 0.390. The summed E-state index contributed by atoms with van der Waals surface area (Å²) in [6.07, 6.45) is 18.2. The second-order valence-electron chi connectivity index (χ2n) is 6.90. The molecule has 0 spiro atoms. The second kappa shape index (κ2) is 7.41. The molecule has 0 nitrogen and oxygen atoms in total. The summed E-state index contributed by atoms with van der Waals surface area (Å²) in [7, 11) is 0. The third-order valence-electron chi connectivity index (χ3n) is 5.17. The SMILES string of the molecule is CC(C)=CCP(=S)(C1CCCCC1)C1CCCCC1. The Balaban J connectivity index is 2.14. The lowest BCUT2D eigenvalue weighted by Crippen LogP contribution is -2.24. The molecule has 0 saturated heterocycles.